The number of benzene rings is 2. The third kappa shape index (κ3) is 5.80. The molecule has 7 nitrogen and oxygen atoms in total. The smallest absolute Gasteiger partial charge is 0.253 e. The predicted molar refractivity (Wildman–Crippen MR) is 116 cm³/mol. The number of amides is 2. The van der Waals surface area contributed by atoms with Gasteiger partial charge in [-0.25, -0.2) is 8.42 Å². The number of carbonyl (C=O) groups excluding carboxylic acids is 2. The normalized spacial score (nSPS) is 12.1. The Morgan fingerprint density at radius 2 is 1.69 bits per heavy atom. The summed E-state index contributed by atoms with van der Waals surface area (Å²) in [4.78, 5) is 25.2. The number of sulfonamides is 1. The molecule has 2 amide bonds. The highest BCUT2D eigenvalue weighted by Gasteiger charge is 2.29. The number of nitrogens with one attached hydrogen (secondary N) is 2. The molecule has 8 heteroatoms. The molecule has 0 aromatic heterocycles. The molecule has 156 valence electrons. The molecule has 0 aliphatic rings. The Morgan fingerprint density at radius 1 is 1.07 bits per heavy atom. The minimum Gasteiger partial charge on any atom is -0.352 e. The molecule has 2 aromatic rings. The lowest BCUT2D eigenvalue weighted by Gasteiger charge is -2.28. The Labute approximate surface area is 172 Å². The summed E-state index contributed by atoms with van der Waals surface area (Å²) in [6.07, 6.45) is 1.85. The van der Waals surface area contributed by atoms with E-state index in [1.165, 1.54) is 6.92 Å². The Morgan fingerprint density at radius 3 is 2.28 bits per heavy atom. The van der Waals surface area contributed by atoms with Gasteiger partial charge in [0.15, 0.2) is 0 Å². The van der Waals surface area contributed by atoms with E-state index in [9.17, 15) is 18.0 Å². The van der Waals surface area contributed by atoms with Gasteiger partial charge in [-0.05, 0) is 44.5 Å². The van der Waals surface area contributed by atoms with Gasteiger partial charge in [-0.3, -0.25) is 13.9 Å². The quantitative estimate of drug-likeness (QED) is 0.690. The van der Waals surface area contributed by atoms with E-state index in [-0.39, 0.29) is 5.91 Å². The van der Waals surface area contributed by atoms with Gasteiger partial charge in [0.2, 0.25) is 15.9 Å². The SMILES string of the molecule is CCCNC(=O)c1ccccc1NC(=O)[C@@H](C)N(c1ccc(C)cc1)S(C)(=O)=O. The van der Waals surface area contributed by atoms with E-state index in [4.69, 9.17) is 0 Å². The Balaban J connectivity index is 2.29. The summed E-state index contributed by atoms with van der Waals surface area (Å²) < 4.78 is 25.9. The van der Waals surface area contributed by atoms with Crippen LogP contribution < -0.4 is 14.9 Å². The van der Waals surface area contributed by atoms with Crippen molar-refractivity contribution in [3.8, 4) is 0 Å². The molecule has 0 radical (unpaired) electrons. The lowest BCUT2D eigenvalue weighted by molar-refractivity contribution is -0.116. The summed E-state index contributed by atoms with van der Waals surface area (Å²) in [6, 6.07) is 12.5. The van der Waals surface area contributed by atoms with Crippen molar-refractivity contribution in [2.24, 2.45) is 0 Å². The monoisotopic (exact) mass is 417 g/mol. The number of para-hydroxylation sites is 1. The first-order valence-corrected chi connectivity index (χ1v) is 11.2. The van der Waals surface area contributed by atoms with Crippen LogP contribution in [0.1, 0.15) is 36.2 Å². The van der Waals surface area contributed by atoms with Crippen LogP contribution in [0.15, 0.2) is 48.5 Å². The van der Waals surface area contributed by atoms with E-state index in [2.05, 4.69) is 10.6 Å². The predicted octanol–water partition coefficient (Wildman–Crippen LogP) is 2.93. The Hall–Kier alpha value is -2.87. The van der Waals surface area contributed by atoms with Crippen LogP contribution in [0.5, 0.6) is 0 Å². The maximum absolute atomic E-state index is 12.9. The van der Waals surface area contributed by atoms with Crippen LogP contribution in [0.4, 0.5) is 11.4 Å². The van der Waals surface area contributed by atoms with Crippen LogP contribution in [0.3, 0.4) is 0 Å². The maximum atomic E-state index is 12.9. The zero-order chi connectivity index (χ0) is 21.6. The average Bonchev–Trinajstić information content (AvgIpc) is 2.67. The van der Waals surface area contributed by atoms with Gasteiger partial charge in [0.05, 0.1) is 23.2 Å². The topological polar surface area (TPSA) is 95.6 Å². The third-order valence-electron chi connectivity index (χ3n) is 4.34. The minimum absolute atomic E-state index is 0.297. The second kappa shape index (κ2) is 9.56. The summed E-state index contributed by atoms with van der Waals surface area (Å²) in [7, 11) is -3.71. The van der Waals surface area contributed by atoms with Gasteiger partial charge < -0.3 is 10.6 Å². The molecule has 0 heterocycles. The molecule has 0 aliphatic heterocycles. The molecule has 0 saturated carbocycles. The highest BCUT2D eigenvalue weighted by molar-refractivity contribution is 7.92. The van der Waals surface area contributed by atoms with Crippen molar-refractivity contribution in [1.82, 2.24) is 5.32 Å². The fourth-order valence-corrected chi connectivity index (χ4v) is 4.04. The molecule has 0 unspecified atom stereocenters. The van der Waals surface area contributed by atoms with E-state index < -0.39 is 22.0 Å². The molecule has 2 N–H and O–H groups in total. The molecule has 0 aliphatic carbocycles. The summed E-state index contributed by atoms with van der Waals surface area (Å²) in [5.41, 5.74) is 2.03. The first kappa shape index (κ1) is 22.4. The van der Waals surface area contributed by atoms with Crippen molar-refractivity contribution in [3.63, 3.8) is 0 Å². The highest BCUT2D eigenvalue weighted by Crippen LogP contribution is 2.23. The zero-order valence-corrected chi connectivity index (χ0v) is 17.9. The van der Waals surface area contributed by atoms with Gasteiger partial charge in [-0.1, -0.05) is 36.8 Å². The van der Waals surface area contributed by atoms with Crippen LogP contribution in [0.2, 0.25) is 0 Å². The van der Waals surface area contributed by atoms with Gasteiger partial charge in [-0.15, -0.1) is 0 Å². The third-order valence-corrected chi connectivity index (χ3v) is 5.58. The minimum atomic E-state index is -3.71. The van der Waals surface area contributed by atoms with Crippen LogP contribution in [-0.2, 0) is 14.8 Å². The van der Waals surface area contributed by atoms with Crippen molar-refractivity contribution in [3.05, 3.63) is 59.7 Å². The van der Waals surface area contributed by atoms with Gasteiger partial charge in [-0.2, -0.15) is 0 Å². The molecule has 1 atom stereocenters. The van der Waals surface area contributed by atoms with Crippen molar-refractivity contribution < 1.29 is 18.0 Å². The lowest BCUT2D eigenvalue weighted by Crippen LogP contribution is -2.45. The van der Waals surface area contributed by atoms with Crippen LogP contribution in [0, 0.1) is 6.92 Å². The van der Waals surface area contributed by atoms with Crippen molar-refractivity contribution in [2.75, 3.05) is 22.4 Å². The first-order valence-electron chi connectivity index (χ1n) is 9.39. The standard InChI is InChI=1S/C21H27N3O4S/c1-5-14-22-21(26)18-8-6-7-9-19(18)23-20(25)16(3)24(29(4,27)28)17-12-10-15(2)11-13-17/h6-13,16H,5,14H2,1-4H3,(H,22,26)(H,23,25)/t16-/m1/s1. The van der Waals surface area contributed by atoms with E-state index in [0.29, 0.717) is 23.5 Å². The number of aryl methyl sites for hydroxylation is 1. The zero-order valence-electron chi connectivity index (χ0n) is 17.1. The summed E-state index contributed by atoms with van der Waals surface area (Å²) in [6.45, 7) is 5.87. The van der Waals surface area contributed by atoms with Gasteiger partial charge >= 0.3 is 0 Å². The van der Waals surface area contributed by atoms with Crippen molar-refractivity contribution >= 4 is 33.2 Å². The van der Waals surface area contributed by atoms with Crippen LogP contribution in [-0.4, -0.2) is 39.1 Å². The maximum Gasteiger partial charge on any atom is 0.253 e. The molecule has 2 aromatic carbocycles. The van der Waals surface area contributed by atoms with Gasteiger partial charge in [0.1, 0.15) is 6.04 Å². The summed E-state index contributed by atoms with van der Waals surface area (Å²) >= 11 is 0. The lowest BCUT2D eigenvalue weighted by atomic mass is 10.1. The van der Waals surface area contributed by atoms with Crippen molar-refractivity contribution in [1.29, 1.82) is 0 Å². The number of rotatable bonds is 8. The average molecular weight is 418 g/mol. The molecule has 0 spiro atoms. The Kier molecular flexibility index (Phi) is 7.39. The van der Waals surface area contributed by atoms with Crippen LogP contribution >= 0.6 is 0 Å². The fourth-order valence-electron chi connectivity index (χ4n) is 2.86. The van der Waals surface area contributed by atoms with Gasteiger partial charge in [0, 0.05) is 6.54 Å². The largest absolute Gasteiger partial charge is 0.352 e. The number of hydrogen-bond acceptors (Lipinski definition) is 4. The molecule has 0 fully saturated rings. The molecule has 2 rings (SSSR count). The summed E-state index contributed by atoms with van der Waals surface area (Å²) in [5.74, 6) is -0.833. The number of anilines is 2. The summed E-state index contributed by atoms with van der Waals surface area (Å²) in [5, 5.41) is 5.47. The van der Waals surface area contributed by atoms with E-state index in [1.807, 2.05) is 13.8 Å². The number of hydrogen-bond donors (Lipinski definition) is 2. The molecule has 0 bridgehead atoms. The highest BCUT2D eigenvalue weighted by atomic mass is 32.2. The fraction of sp³-hybridized carbons (Fsp3) is 0.333. The number of nitrogens with zero attached hydrogens (tertiary/aromatic N) is 1. The molecular formula is C21H27N3O4S. The second-order valence-electron chi connectivity index (χ2n) is 6.86. The van der Waals surface area contributed by atoms with E-state index >= 15 is 0 Å². The van der Waals surface area contributed by atoms with E-state index in [1.54, 1.807) is 48.5 Å². The first-order chi connectivity index (χ1) is 13.6. The number of carbonyl (C=O) groups is 2. The van der Waals surface area contributed by atoms with E-state index in [0.717, 1.165) is 22.5 Å². The van der Waals surface area contributed by atoms with Crippen molar-refractivity contribution in [2.45, 2.75) is 33.2 Å². The second-order valence-corrected chi connectivity index (χ2v) is 8.72. The van der Waals surface area contributed by atoms with Crippen LogP contribution in [0.25, 0.3) is 0 Å². The molecule has 29 heavy (non-hydrogen) atoms. The van der Waals surface area contributed by atoms with Gasteiger partial charge in [0.25, 0.3) is 5.91 Å². The Bertz CT molecular complexity index is 972. The molecular weight excluding hydrogens is 390 g/mol. The molecule has 0 saturated heterocycles.